The lowest BCUT2D eigenvalue weighted by Crippen LogP contribution is -2.37. The molecule has 2 unspecified atom stereocenters. The van der Waals surface area contributed by atoms with E-state index in [9.17, 15) is 0 Å². The molecule has 1 aliphatic carbocycles. The van der Waals surface area contributed by atoms with Crippen LogP contribution in [0.1, 0.15) is 51.3 Å². The van der Waals surface area contributed by atoms with Crippen LogP contribution >= 0.6 is 27.3 Å². The number of thiophene rings is 1. The van der Waals surface area contributed by atoms with Gasteiger partial charge in [0.2, 0.25) is 0 Å². The molecule has 0 amide bonds. The summed E-state index contributed by atoms with van der Waals surface area (Å²) in [4.78, 5) is 1.54. The van der Waals surface area contributed by atoms with E-state index in [-0.39, 0.29) is 0 Å². The Balaban J connectivity index is 1.98. The zero-order valence-electron chi connectivity index (χ0n) is 13.0. The highest BCUT2D eigenvalue weighted by Gasteiger charge is 2.34. The minimum Gasteiger partial charge on any atom is -0.316 e. The predicted molar refractivity (Wildman–Crippen MR) is 93.5 cm³/mol. The average Bonchev–Trinajstić information content (AvgIpc) is 2.77. The van der Waals surface area contributed by atoms with Crippen LogP contribution in [0.4, 0.5) is 0 Å². The van der Waals surface area contributed by atoms with E-state index in [4.69, 9.17) is 0 Å². The fourth-order valence-electron chi connectivity index (χ4n) is 3.48. The highest BCUT2D eigenvalue weighted by atomic mass is 79.9. The van der Waals surface area contributed by atoms with Gasteiger partial charge in [0.05, 0.1) is 0 Å². The molecule has 2 rings (SSSR count). The van der Waals surface area contributed by atoms with Crippen molar-refractivity contribution in [2.45, 2.75) is 52.9 Å². The van der Waals surface area contributed by atoms with Gasteiger partial charge in [-0.25, -0.2) is 0 Å². The number of nitrogens with one attached hydrogen (secondary N) is 1. The van der Waals surface area contributed by atoms with Crippen molar-refractivity contribution in [3.63, 3.8) is 0 Å². The molecule has 114 valence electrons. The molecule has 1 aliphatic rings. The summed E-state index contributed by atoms with van der Waals surface area (Å²) in [5.74, 6) is 1.70. The SMILES string of the molecule is CCCNCC1CCC(C)(C)CC1Cc1cc(Br)cs1. The Morgan fingerprint density at radius 1 is 1.40 bits per heavy atom. The smallest absolute Gasteiger partial charge is 0.0285 e. The summed E-state index contributed by atoms with van der Waals surface area (Å²) in [7, 11) is 0. The number of hydrogen-bond donors (Lipinski definition) is 1. The summed E-state index contributed by atoms with van der Waals surface area (Å²) in [5, 5.41) is 5.86. The predicted octanol–water partition coefficient (Wildman–Crippen LogP) is 5.50. The van der Waals surface area contributed by atoms with Crippen molar-refractivity contribution in [1.29, 1.82) is 0 Å². The minimum atomic E-state index is 0.528. The fraction of sp³-hybridized carbons (Fsp3) is 0.765. The molecule has 1 heterocycles. The second kappa shape index (κ2) is 7.42. The van der Waals surface area contributed by atoms with Crippen LogP contribution in [0.15, 0.2) is 15.9 Å². The molecule has 1 nitrogen and oxygen atoms in total. The normalized spacial score (nSPS) is 25.8. The number of rotatable bonds is 6. The quantitative estimate of drug-likeness (QED) is 0.663. The van der Waals surface area contributed by atoms with Gasteiger partial charge in [0.1, 0.15) is 0 Å². The zero-order valence-corrected chi connectivity index (χ0v) is 15.4. The van der Waals surface area contributed by atoms with Crippen molar-refractivity contribution in [3.05, 3.63) is 20.8 Å². The molecular formula is C17H28BrNS. The molecule has 0 spiro atoms. The second-order valence-corrected chi connectivity index (χ2v) is 8.98. The van der Waals surface area contributed by atoms with Crippen molar-refractivity contribution in [3.8, 4) is 0 Å². The molecular weight excluding hydrogens is 330 g/mol. The third-order valence-corrected chi connectivity index (χ3v) is 6.31. The van der Waals surface area contributed by atoms with Crippen LogP contribution in [0.3, 0.4) is 0 Å². The number of hydrogen-bond acceptors (Lipinski definition) is 2. The summed E-state index contributed by atoms with van der Waals surface area (Å²) >= 11 is 5.49. The van der Waals surface area contributed by atoms with E-state index >= 15 is 0 Å². The maximum absolute atomic E-state index is 3.65. The van der Waals surface area contributed by atoms with Crippen LogP contribution in [-0.2, 0) is 6.42 Å². The molecule has 0 aliphatic heterocycles. The maximum atomic E-state index is 3.65. The van der Waals surface area contributed by atoms with Gasteiger partial charge in [0.15, 0.2) is 0 Å². The lowest BCUT2D eigenvalue weighted by Gasteiger charge is -2.41. The largest absolute Gasteiger partial charge is 0.316 e. The Bertz CT molecular complexity index is 413. The maximum Gasteiger partial charge on any atom is 0.0285 e. The van der Waals surface area contributed by atoms with Crippen LogP contribution in [0.5, 0.6) is 0 Å². The molecule has 20 heavy (non-hydrogen) atoms. The van der Waals surface area contributed by atoms with Crippen LogP contribution < -0.4 is 5.32 Å². The molecule has 0 saturated heterocycles. The molecule has 1 saturated carbocycles. The van der Waals surface area contributed by atoms with E-state index in [1.807, 2.05) is 11.3 Å². The first-order chi connectivity index (χ1) is 9.50. The van der Waals surface area contributed by atoms with Gasteiger partial charge in [-0.1, -0.05) is 20.8 Å². The van der Waals surface area contributed by atoms with Gasteiger partial charge >= 0.3 is 0 Å². The molecule has 1 N–H and O–H groups in total. The first-order valence-corrected chi connectivity index (χ1v) is 9.61. The third-order valence-electron chi connectivity index (χ3n) is 4.59. The van der Waals surface area contributed by atoms with Gasteiger partial charge < -0.3 is 5.32 Å². The van der Waals surface area contributed by atoms with Gasteiger partial charge in [-0.3, -0.25) is 0 Å². The molecule has 1 aromatic rings. The highest BCUT2D eigenvalue weighted by molar-refractivity contribution is 9.10. The van der Waals surface area contributed by atoms with Crippen molar-refractivity contribution in [2.75, 3.05) is 13.1 Å². The first-order valence-electron chi connectivity index (χ1n) is 7.94. The zero-order chi connectivity index (χ0) is 14.6. The van der Waals surface area contributed by atoms with Crippen LogP contribution in [-0.4, -0.2) is 13.1 Å². The molecule has 0 bridgehead atoms. The number of halogens is 1. The van der Waals surface area contributed by atoms with Crippen molar-refractivity contribution in [1.82, 2.24) is 5.32 Å². The van der Waals surface area contributed by atoms with Crippen molar-refractivity contribution in [2.24, 2.45) is 17.3 Å². The molecule has 1 aromatic heterocycles. The monoisotopic (exact) mass is 357 g/mol. The van der Waals surface area contributed by atoms with Crippen LogP contribution in [0.2, 0.25) is 0 Å². The van der Waals surface area contributed by atoms with E-state index in [1.165, 1.54) is 43.1 Å². The van der Waals surface area contributed by atoms with Crippen molar-refractivity contribution >= 4 is 27.3 Å². The van der Waals surface area contributed by atoms with Crippen molar-refractivity contribution < 1.29 is 0 Å². The topological polar surface area (TPSA) is 12.0 Å². The molecule has 1 fully saturated rings. The Hall–Kier alpha value is 0.140. The standard InChI is InChI=1S/C17H28BrNS/c1-4-7-19-11-13-5-6-17(2,3)10-14(13)8-16-9-15(18)12-20-16/h9,12-14,19H,4-8,10-11H2,1-3H3. The van der Waals surface area contributed by atoms with Gasteiger partial charge in [0.25, 0.3) is 0 Å². The van der Waals surface area contributed by atoms with E-state index in [2.05, 4.69) is 53.5 Å². The first kappa shape index (κ1) is 16.5. The Labute approximate surface area is 136 Å². The summed E-state index contributed by atoms with van der Waals surface area (Å²) in [6.45, 7) is 9.51. The van der Waals surface area contributed by atoms with Gasteiger partial charge in [0, 0.05) is 14.7 Å². The fourth-order valence-corrected chi connectivity index (χ4v) is 5.03. The van der Waals surface area contributed by atoms with Gasteiger partial charge in [-0.15, -0.1) is 11.3 Å². The summed E-state index contributed by atoms with van der Waals surface area (Å²) in [5.41, 5.74) is 0.528. The lowest BCUT2D eigenvalue weighted by molar-refractivity contribution is 0.116. The van der Waals surface area contributed by atoms with Gasteiger partial charge in [-0.05, 0) is 84.4 Å². The van der Waals surface area contributed by atoms with Crippen LogP contribution in [0, 0.1) is 17.3 Å². The Kier molecular flexibility index (Phi) is 6.12. The highest BCUT2D eigenvalue weighted by Crippen LogP contribution is 2.43. The molecule has 0 aromatic carbocycles. The van der Waals surface area contributed by atoms with E-state index < -0.39 is 0 Å². The molecule has 0 radical (unpaired) electrons. The van der Waals surface area contributed by atoms with E-state index in [0.717, 1.165) is 18.4 Å². The second-order valence-electron chi connectivity index (χ2n) is 7.07. The van der Waals surface area contributed by atoms with Gasteiger partial charge in [-0.2, -0.15) is 0 Å². The third kappa shape index (κ3) is 4.85. The van der Waals surface area contributed by atoms with E-state index in [1.54, 1.807) is 4.88 Å². The molecule has 2 atom stereocenters. The summed E-state index contributed by atoms with van der Waals surface area (Å²) < 4.78 is 1.24. The average molecular weight is 358 g/mol. The lowest BCUT2D eigenvalue weighted by atomic mass is 9.66. The summed E-state index contributed by atoms with van der Waals surface area (Å²) in [6.07, 6.45) is 6.65. The Morgan fingerprint density at radius 3 is 2.85 bits per heavy atom. The minimum absolute atomic E-state index is 0.528. The Morgan fingerprint density at radius 2 is 2.20 bits per heavy atom. The van der Waals surface area contributed by atoms with E-state index in [0.29, 0.717) is 5.41 Å². The molecule has 3 heteroatoms. The van der Waals surface area contributed by atoms with Crippen LogP contribution in [0.25, 0.3) is 0 Å². The summed E-state index contributed by atoms with van der Waals surface area (Å²) in [6, 6.07) is 2.31.